The first-order chi connectivity index (χ1) is 11.8. The lowest BCUT2D eigenvalue weighted by Gasteiger charge is -2.09. The molecule has 0 spiro atoms. The molecule has 0 amide bonds. The van der Waals surface area contributed by atoms with E-state index >= 15 is 0 Å². The fourth-order valence-corrected chi connectivity index (χ4v) is 2.52. The van der Waals surface area contributed by atoms with Gasteiger partial charge in [0.05, 0.1) is 19.8 Å². The predicted molar refractivity (Wildman–Crippen MR) is 87.7 cm³/mol. The maximum absolute atomic E-state index is 5.35. The Balaban J connectivity index is 1.74. The van der Waals surface area contributed by atoms with Gasteiger partial charge in [0.2, 0.25) is 5.88 Å². The van der Waals surface area contributed by atoms with Gasteiger partial charge >= 0.3 is 6.01 Å². The highest BCUT2D eigenvalue weighted by Crippen LogP contribution is 2.42. The molecule has 2 aromatic heterocycles. The summed E-state index contributed by atoms with van der Waals surface area (Å²) < 4.78 is 10.4. The quantitative estimate of drug-likeness (QED) is 0.806. The van der Waals surface area contributed by atoms with Crippen LogP contribution >= 0.6 is 0 Å². The zero-order valence-corrected chi connectivity index (χ0v) is 13.7. The number of hydrogen-bond acceptors (Lipinski definition) is 6. The van der Waals surface area contributed by atoms with Gasteiger partial charge in [-0.15, -0.1) is 10.2 Å². The smallest absolute Gasteiger partial charge is 0.319 e. The van der Waals surface area contributed by atoms with E-state index in [2.05, 4.69) is 38.1 Å². The normalized spacial score (nSPS) is 16.2. The van der Waals surface area contributed by atoms with Crippen molar-refractivity contribution in [3.8, 4) is 35.0 Å². The maximum Gasteiger partial charge on any atom is 0.319 e. The van der Waals surface area contributed by atoms with Crippen LogP contribution < -0.4 is 9.47 Å². The second-order valence-electron chi connectivity index (χ2n) is 6.13. The lowest BCUT2D eigenvalue weighted by Crippen LogP contribution is -2.02. The third kappa shape index (κ3) is 3.02. The van der Waals surface area contributed by atoms with Crippen LogP contribution in [0, 0.1) is 17.8 Å². The van der Waals surface area contributed by atoms with Crippen LogP contribution in [-0.2, 0) is 0 Å². The molecule has 0 bridgehead atoms. The van der Waals surface area contributed by atoms with Crippen LogP contribution in [-0.4, -0.2) is 34.4 Å². The van der Waals surface area contributed by atoms with E-state index in [1.807, 2.05) is 0 Å². The number of methoxy groups -OCH3 is 2. The van der Waals surface area contributed by atoms with Crippen LogP contribution in [0.1, 0.15) is 42.9 Å². The summed E-state index contributed by atoms with van der Waals surface area (Å²) in [5, 5.41) is 8.70. The molecular formula is C18H18N4O2. The fraction of sp³-hybridized carbons (Fsp3) is 0.444. The van der Waals surface area contributed by atoms with E-state index in [0.717, 1.165) is 5.69 Å². The first-order valence-electron chi connectivity index (χ1n) is 8.13. The Kier molecular flexibility index (Phi) is 3.77. The molecule has 6 heteroatoms. The van der Waals surface area contributed by atoms with Crippen molar-refractivity contribution in [3.63, 3.8) is 0 Å². The molecule has 0 unspecified atom stereocenters. The Hall–Kier alpha value is -2.68. The third-order valence-corrected chi connectivity index (χ3v) is 4.20. The largest absolute Gasteiger partial charge is 0.480 e. The Morgan fingerprint density at radius 1 is 1.08 bits per heavy atom. The Morgan fingerprint density at radius 3 is 2.58 bits per heavy atom. The van der Waals surface area contributed by atoms with Gasteiger partial charge in [-0.05, 0) is 49.2 Å². The van der Waals surface area contributed by atoms with Gasteiger partial charge in [-0.25, -0.2) is 4.98 Å². The summed E-state index contributed by atoms with van der Waals surface area (Å²) in [4.78, 5) is 8.37. The van der Waals surface area contributed by atoms with Crippen LogP contribution in [0.4, 0.5) is 0 Å². The minimum Gasteiger partial charge on any atom is -0.480 e. The highest BCUT2D eigenvalue weighted by Gasteiger charge is 2.28. The second kappa shape index (κ2) is 6.08. The molecule has 0 atom stereocenters. The van der Waals surface area contributed by atoms with Crippen LogP contribution in [0.2, 0.25) is 0 Å². The van der Waals surface area contributed by atoms with E-state index in [-0.39, 0.29) is 6.01 Å². The average molecular weight is 322 g/mol. The van der Waals surface area contributed by atoms with E-state index in [9.17, 15) is 0 Å². The summed E-state index contributed by atoms with van der Waals surface area (Å²) in [6.07, 6.45) is 6.43. The van der Waals surface area contributed by atoms with E-state index < -0.39 is 0 Å². The molecule has 2 aromatic rings. The summed E-state index contributed by atoms with van der Waals surface area (Å²) in [6.45, 7) is 0. The standard InChI is InChI=1S/C18H18N4O2/c1-23-17-14(10-19-18(20-17)24-2)16-9-13(12-6-7-12)15(21-22-16)8-5-11-3-4-11/h9-12H,3-4,6-7H2,1-2H3. The lowest BCUT2D eigenvalue weighted by molar-refractivity contribution is 0.353. The molecule has 2 fully saturated rings. The van der Waals surface area contributed by atoms with Crippen LogP contribution in [0.15, 0.2) is 12.3 Å². The molecule has 0 aromatic carbocycles. The van der Waals surface area contributed by atoms with E-state index in [1.165, 1.54) is 38.4 Å². The van der Waals surface area contributed by atoms with Gasteiger partial charge in [0.15, 0.2) is 0 Å². The second-order valence-corrected chi connectivity index (χ2v) is 6.13. The molecule has 2 aliphatic rings. The minimum atomic E-state index is 0.262. The number of nitrogens with zero attached hydrogens (tertiary/aromatic N) is 4. The molecule has 122 valence electrons. The molecule has 0 saturated heterocycles. The molecule has 0 aliphatic heterocycles. The molecule has 24 heavy (non-hydrogen) atoms. The van der Waals surface area contributed by atoms with E-state index in [0.29, 0.717) is 29.0 Å². The van der Waals surface area contributed by atoms with Crippen LogP contribution in [0.5, 0.6) is 11.9 Å². The van der Waals surface area contributed by atoms with Crippen molar-refractivity contribution >= 4 is 0 Å². The Morgan fingerprint density at radius 2 is 1.92 bits per heavy atom. The van der Waals surface area contributed by atoms with Crippen molar-refractivity contribution in [2.45, 2.75) is 31.6 Å². The van der Waals surface area contributed by atoms with E-state index in [1.54, 1.807) is 13.3 Å². The van der Waals surface area contributed by atoms with Crippen molar-refractivity contribution in [2.24, 2.45) is 5.92 Å². The molecule has 4 rings (SSSR count). The van der Waals surface area contributed by atoms with Gasteiger partial charge < -0.3 is 9.47 Å². The molecule has 0 radical (unpaired) electrons. The first-order valence-corrected chi connectivity index (χ1v) is 8.13. The highest BCUT2D eigenvalue weighted by atomic mass is 16.5. The Bertz CT molecular complexity index is 833. The third-order valence-electron chi connectivity index (χ3n) is 4.20. The first kappa shape index (κ1) is 14.9. The van der Waals surface area contributed by atoms with Gasteiger partial charge in [-0.2, -0.15) is 4.98 Å². The van der Waals surface area contributed by atoms with Crippen LogP contribution in [0.25, 0.3) is 11.3 Å². The van der Waals surface area contributed by atoms with Crippen molar-refractivity contribution in [2.75, 3.05) is 14.2 Å². The molecule has 2 aliphatic carbocycles. The van der Waals surface area contributed by atoms with Crippen molar-refractivity contribution in [3.05, 3.63) is 23.5 Å². The predicted octanol–water partition coefficient (Wildman–Crippen LogP) is 2.59. The summed E-state index contributed by atoms with van der Waals surface area (Å²) in [5.74, 6) is 8.00. The van der Waals surface area contributed by atoms with Crippen molar-refractivity contribution < 1.29 is 9.47 Å². The molecular weight excluding hydrogens is 304 g/mol. The van der Waals surface area contributed by atoms with Gasteiger partial charge in [0.1, 0.15) is 11.4 Å². The van der Waals surface area contributed by atoms with Crippen molar-refractivity contribution in [1.82, 2.24) is 20.2 Å². The zero-order valence-electron chi connectivity index (χ0n) is 13.7. The van der Waals surface area contributed by atoms with Crippen molar-refractivity contribution in [1.29, 1.82) is 0 Å². The summed E-state index contributed by atoms with van der Waals surface area (Å²) in [7, 11) is 3.09. The molecule has 6 nitrogen and oxygen atoms in total. The molecule has 0 N–H and O–H groups in total. The number of hydrogen-bond donors (Lipinski definition) is 0. The summed E-state index contributed by atoms with van der Waals surface area (Å²) in [5.41, 5.74) is 3.38. The number of ether oxygens (including phenoxy) is 2. The number of aromatic nitrogens is 4. The zero-order chi connectivity index (χ0) is 16.5. The lowest BCUT2D eigenvalue weighted by atomic mass is 10.1. The molecule has 2 heterocycles. The summed E-state index contributed by atoms with van der Waals surface area (Å²) >= 11 is 0. The topological polar surface area (TPSA) is 70.0 Å². The molecule has 2 saturated carbocycles. The van der Waals surface area contributed by atoms with E-state index in [4.69, 9.17) is 9.47 Å². The average Bonchev–Trinajstić information content (AvgIpc) is 3.52. The minimum absolute atomic E-state index is 0.262. The SMILES string of the molecule is COc1ncc(-c2cc(C3CC3)c(C#CC3CC3)nn2)c(OC)n1. The summed E-state index contributed by atoms with van der Waals surface area (Å²) in [6, 6.07) is 2.31. The van der Waals surface area contributed by atoms with Gasteiger partial charge in [0.25, 0.3) is 0 Å². The fourth-order valence-electron chi connectivity index (χ4n) is 2.52. The Labute approximate surface area is 140 Å². The maximum atomic E-state index is 5.35. The number of rotatable bonds is 4. The van der Waals surface area contributed by atoms with Gasteiger partial charge in [-0.1, -0.05) is 5.92 Å². The highest BCUT2D eigenvalue weighted by molar-refractivity contribution is 5.65. The monoisotopic (exact) mass is 322 g/mol. The van der Waals surface area contributed by atoms with Gasteiger partial charge in [0, 0.05) is 12.1 Å². The van der Waals surface area contributed by atoms with Gasteiger partial charge in [-0.3, -0.25) is 0 Å². The van der Waals surface area contributed by atoms with Crippen LogP contribution in [0.3, 0.4) is 0 Å².